The Labute approximate surface area is 60.2 Å². The van der Waals surface area contributed by atoms with Crippen LogP contribution in [0.2, 0.25) is 0 Å². The Balaban J connectivity index is 3.27. The summed E-state index contributed by atoms with van der Waals surface area (Å²) in [7, 11) is 0. The third-order valence-electron chi connectivity index (χ3n) is 0.599. The van der Waals surface area contributed by atoms with Gasteiger partial charge in [-0.05, 0) is 13.8 Å². The molecule has 1 unspecified atom stereocenters. The fourth-order valence-corrected chi connectivity index (χ4v) is 0.437. The second kappa shape index (κ2) is 4.49. The summed E-state index contributed by atoms with van der Waals surface area (Å²) >= 11 is 3.85. The molecule has 0 aliphatic heterocycles. The third-order valence-corrected chi connectivity index (χ3v) is 0.704. The van der Waals surface area contributed by atoms with Gasteiger partial charge in [-0.25, -0.2) is 4.79 Å². The minimum atomic E-state index is -0.417. The van der Waals surface area contributed by atoms with Gasteiger partial charge in [0, 0.05) is 6.54 Å². The Morgan fingerprint density at radius 1 is 1.89 bits per heavy atom. The van der Waals surface area contributed by atoms with Crippen LogP contribution < -0.4 is 5.32 Å². The highest BCUT2D eigenvalue weighted by Gasteiger charge is 2.00. The lowest BCUT2D eigenvalue weighted by Crippen LogP contribution is -2.25. The van der Waals surface area contributed by atoms with Crippen molar-refractivity contribution in [3.05, 3.63) is 0 Å². The molecule has 0 heterocycles. The molecule has 0 spiro atoms. The van der Waals surface area contributed by atoms with E-state index in [-0.39, 0.29) is 5.44 Å². The average molecular weight is 149 g/mol. The number of hydrogen-bond donors (Lipinski definition) is 2. The normalized spacial score (nSPS) is 12.3. The quantitative estimate of drug-likeness (QED) is 0.454. The SMILES string of the molecule is CCNC(=O)OC(C)S. The first-order valence-corrected chi connectivity index (χ1v) is 3.31. The van der Waals surface area contributed by atoms with E-state index in [0.29, 0.717) is 6.54 Å². The van der Waals surface area contributed by atoms with Crippen molar-refractivity contribution in [2.24, 2.45) is 0 Å². The van der Waals surface area contributed by atoms with Crippen molar-refractivity contribution >= 4 is 18.7 Å². The van der Waals surface area contributed by atoms with Crippen molar-refractivity contribution in [2.75, 3.05) is 6.54 Å². The number of ether oxygens (including phenoxy) is 1. The molecule has 0 radical (unpaired) electrons. The van der Waals surface area contributed by atoms with E-state index < -0.39 is 6.09 Å². The van der Waals surface area contributed by atoms with Crippen LogP contribution in [0.5, 0.6) is 0 Å². The van der Waals surface area contributed by atoms with Crippen LogP contribution in [0.15, 0.2) is 0 Å². The number of amides is 1. The number of rotatable bonds is 2. The van der Waals surface area contributed by atoms with Crippen molar-refractivity contribution < 1.29 is 9.53 Å². The minimum absolute atomic E-state index is 0.337. The third kappa shape index (κ3) is 5.49. The summed E-state index contributed by atoms with van der Waals surface area (Å²) in [6.45, 7) is 4.09. The number of nitrogens with one attached hydrogen (secondary N) is 1. The molecule has 0 aromatic rings. The molecule has 0 fully saturated rings. The molecule has 1 amide bonds. The molecule has 0 aliphatic rings. The molecule has 54 valence electrons. The van der Waals surface area contributed by atoms with Gasteiger partial charge in [-0.15, -0.1) is 12.6 Å². The van der Waals surface area contributed by atoms with Gasteiger partial charge < -0.3 is 10.1 Å². The zero-order valence-electron chi connectivity index (χ0n) is 5.55. The lowest BCUT2D eigenvalue weighted by atomic mass is 10.7. The lowest BCUT2D eigenvalue weighted by molar-refractivity contribution is 0.142. The van der Waals surface area contributed by atoms with Crippen LogP contribution in [0.4, 0.5) is 4.79 Å². The topological polar surface area (TPSA) is 38.3 Å². The molecular formula is C5H11NO2S. The van der Waals surface area contributed by atoms with Gasteiger partial charge in [0.15, 0.2) is 0 Å². The summed E-state index contributed by atoms with van der Waals surface area (Å²) in [5.41, 5.74) is -0.337. The lowest BCUT2D eigenvalue weighted by Gasteiger charge is -2.06. The van der Waals surface area contributed by atoms with E-state index in [4.69, 9.17) is 0 Å². The first-order chi connectivity index (χ1) is 4.16. The fourth-order valence-electron chi connectivity index (χ4n) is 0.341. The zero-order valence-corrected chi connectivity index (χ0v) is 6.44. The maximum absolute atomic E-state index is 10.5. The second-order valence-electron chi connectivity index (χ2n) is 1.53. The van der Waals surface area contributed by atoms with E-state index in [0.717, 1.165) is 0 Å². The predicted molar refractivity (Wildman–Crippen MR) is 38.6 cm³/mol. The molecule has 0 aromatic carbocycles. The molecule has 0 rings (SSSR count). The van der Waals surface area contributed by atoms with Crippen LogP contribution >= 0.6 is 12.6 Å². The molecule has 0 aromatic heterocycles. The van der Waals surface area contributed by atoms with Gasteiger partial charge >= 0.3 is 6.09 Å². The van der Waals surface area contributed by atoms with Gasteiger partial charge in [-0.3, -0.25) is 0 Å². The molecule has 9 heavy (non-hydrogen) atoms. The number of carbonyl (C=O) groups excluding carboxylic acids is 1. The van der Waals surface area contributed by atoms with Gasteiger partial charge in [0.05, 0.1) is 0 Å². The number of alkyl carbamates (subject to hydrolysis) is 1. The molecule has 3 nitrogen and oxygen atoms in total. The summed E-state index contributed by atoms with van der Waals surface area (Å²) < 4.78 is 4.60. The van der Waals surface area contributed by atoms with Crippen LogP contribution in [0.25, 0.3) is 0 Å². The fraction of sp³-hybridized carbons (Fsp3) is 0.800. The Morgan fingerprint density at radius 2 is 2.44 bits per heavy atom. The summed E-state index contributed by atoms with van der Waals surface area (Å²) in [6, 6.07) is 0. The number of thiol groups is 1. The maximum atomic E-state index is 10.5. The Bertz CT molecular complexity index is 95.0. The van der Waals surface area contributed by atoms with E-state index in [1.807, 2.05) is 6.92 Å². The van der Waals surface area contributed by atoms with Gasteiger partial charge in [0.1, 0.15) is 5.44 Å². The van der Waals surface area contributed by atoms with Gasteiger partial charge in [0.2, 0.25) is 0 Å². The smallest absolute Gasteiger partial charge is 0.408 e. The van der Waals surface area contributed by atoms with Crippen molar-refractivity contribution in [1.82, 2.24) is 5.32 Å². The van der Waals surface area contributed by atoms with Crippen molar-refractivity contribution in [3.63, 3.8) is 0 Å². The Morgan fingerprint density at radius 3 is 2.78 bits per heavy atom. The molecule has 0 aliphatic carbocycles. The van der Waals surface area contributed by atoms with Crippen molar-refractivity contribution in [3.8, 4) is 0 Å². The molecule has 1 atom stereocenters. The first-order valence-electron chi connectivity index (χ1n) is 2.79. The van der Waals surface area contributed by atoms with E-state index >= 15 is 0 Å². The molecule has 4 heteroatoms. The van der Waals surface area contributed by atoms with Gasteiger partial charge in [0.25, 0.3) is 0 Å². The van der Waals surface area contributed by atoms with Gasteiger partial charge in [-0.2, -0.15) is 0 Å². The molecule has 1 N–H and O–H groups in total. The highest BCUT2D eigenvalue weighted by Crippen LogP contribution is 1.93. The van der Waals surface area contributed by atoms with E-state index in [9.17, 15) is 4.79 Å². The van der Waals surface area contributed by atoms with Gasteiger partial charge in [-0.1, -0.05) is 0 Å². The van der Waals surface area contributed by atoms with E-state index in [2.05, 4.69) is 22.7 Å². The van der Waals surface area contributed by atoms with Crippen molar-refractivity contribution in [2.45, 2.75) is 19.3 Å². The highest BCUT2D eigenvalue weighted by atomic mass is 32.1. The minimum Gasteiger partial charge on any atom is -0.436 e. The average Bonchev–Trinajstić information content (AvgIpc) is 1.63. The number of carbonyl (C=O) groups is 1. The monoisotopic (exact) mass is 149 g/mol. The van der Waals surface area contributed by atoms with Crippen LogP contribution in [0, 0.1) is 0 Å². The van der Waals surface area contributed by atoms with E-state index in [1.165, 1.54) is 0 Å². The first kappa shape index (κ1) is 8.62. The summed E-state index contributed by atoms with van der Waals surface area (Å²) in [5.74, 6) is 0. The van der Waals surface area contributed by atoms with E-state index in [1.54, 1.807) is 6.92 Å². The molecule has 0 saturated heterocycles. The Kier molecular flexibility index (Phi) is 4.30. The summed E-state index contributed by atoms with van der Waals surface area (Å²) in [4.78, 5) is 10.5. The Hall–Kier alpha value is -0.380. The van der Waals surface area contributed by atoms with Crippen LogP contribution in [0.1, 0.15) is 13.8 Å². The standard InChI is InChI=1S/C5H11NO2S/c1-3-6-5(7)8-4(2)9/h4,9H,3H2,1-2H3,(H,6,7). The molecular weight excluding hydrogens is 138 g/mol. The van der Waals surface area contributed by atoms with Crippen molar-refractivity contribution in [1.29, 1.82) is 0 Å². The maximum Gasteiger partial charge on any atom is 0.408 e. The van der Waals surface area contributed by atoms with Crippen LogP contribution in [-0.4, -0.2) is 18.1 Å². The summed E-state index contributed by atoms with van der Waals surface area (Å²) in [5, 5.41) is 2.47. The largest absolute Gasteiger partial charge is 0.436 e. The highest BCUT2D eigenvalue weighted by molar-refractivity contribution is 7.80. The number of hydrogen-bond acceptors (Lipinski definition) is 3. The molecule has 0 saturated carbocycles. The predicted octanol–water partition coefficient (Wildman–Crippen LogP) is 1.01. The zero-order chi connectivity index (χ0) is 7.28. The second-order valence-corrected chi connectivity index (χ2v) is 2.26. The van der Waals surface area contributed by atoms with Crippen LogP contribution in [0.3, 0.4) is 0 Å². The molecule has 0 bridgehead atoms. The van der Waals surface area contributed by atoms with Crippen LogP contribution in [-0.2, 0) is 4.74 Å². The summed E-state index contributed by atoms with van der Waals surface area (Å²) in [6.07, 6.45) is -0.417.